The maximum Gasteiger partial charge on any atom is 0.207 e. The van der Waals surface area contributed by atoms with Gasteiger partial charge in [0.2, 0.25) is 5.78 Å². The van der Waals surface area contributed by atoms with E-state index in [-0.39, 0.29) is 11.3 Å². The quantitative estimate of drug-likeness (QED) is 0.676. The number of hydrogen-bond donors (Lipinski definition) is 0. The standard InChI is InChI=1S/C12H7Br2FOS/c1-6-2-3-9(15)7(4-6)11(16)12-10(14)8(13)5-17-12/h2-5H,1H3. The normalized spacial score (nSPS) is 10.6. The maximum absolute atomic E-state index is 13.6. The van der Waals surface area contributed by atoms with E-state index in [0.29, 0.717) is 9.35 Å². The lowest BCUT2D eigenvalue weighted by molar-refractivity contribution is 0.103. The average molecular weight is 378 g/mol. The number of hydrogen-bond acceptors (Lipinski definition) is 2. The molecule has 2 rings (SSSR count). The van der Waals surface area contributed by atoms with E-state index >= 15 is 0 Å². The van der Waals surface area contributed by atoms with Gasteiger partial charge >= 0.3 is 0 Å². The Morgan fingerprint density at radius 3 is 2.65 bits per heavy atom. The van der Waals surface area contributed by atoms with Gasteiger partial charge in [0.25, 0.3) is 0 Å². The summed E-state index contributed by atoms with van der Waals surface area (Å²) in [6, 6.07) is 4.53. The molecule has 0 N–H and O–H groups in total. The second-order valence-electron chi connectivity index (χ2n) is 3.54. The predicted octanol–water partition coefficient (Wildman–Crippen LogP) is 4.95. The summed E-state index contributed by atoms with van der Waals surface area (Å²) in [5.41, 5.74) is 0.974. The van der Waals surface area contributed by atoms with Crippen molar-refractivity contribution in [1.82, 2.24) is 0 Å². The number of carbonyl (C=O) groups excluding carboxylic acids is 1. The smallest absolute Gasteiger partial charge is 0.207 e. The van der Waals surface area contributed by atoms with Crippen LogP contribution in [-0.4, -0.2) is 5.78 Å². The second kappa shape index (κ2) is 5.00. The van der Waals surface area contributed by atoms with Crippen LogP contribution in [0, 0.1) is 12.7 Å². The SMILES string of the molecule is Cc1ccc(F)c(C(=O)c2scc(Br)c2Br)c1. The lowest BCUT2D eigenvalue weighted by Crippen LogP contribution is -2.03. The van der Waals surface area contributed by atoms with Crippen molar-refractivity contribution in [3.05, 3.63) is 54.3 Å². The largest absolute Gasteiger partial charge is 0.288 e. The Kier molecular flexibility index (Phi) is 3.80. The summed E-state index contributed by atoms with van der Waals surface area (Å²) < 4.78 is 15.1. The van der Waals surface area contributed by atoms with E-state index in [9.17, 15) is 9.18 Å². The first-order chi connectivity index (χ1) is 8.00. The van der Waals surface area contributed by atoms with Crippen molar-refractivity contribution in [3.8, 4) is 0 Å². The highest BCUT2D eigenvalue weighted by Crippen LogP contribution is 2.34. The number of ketones is 1. The molecule has 2 aromatic rings. The summed E-state index contributed by atoms with van der Waals surface area (Å²) in [4.78, 5) is 12.7. The highest BCUT2D eigenvalue weighted by Gasteiger charge is 2.19. The van der Waals surface area contributed by atoms with Gasteiger partial charge in [0.15, 0.2) is 0 Å². The zero-order valence-electron chi connectivity index (χ0n) is 8.76. The van der Waals surface area contributed by atoms with Crippen LogP contribution in [0.4, 0.5) is 4.39 Å². The van der Waals surface area contributed by atoms with Gasteiger partial charge in [-0.05, 0) is 50.9 Å². The number of halogens is 3. The summed E-state index contributed by atoms with van der Waals surface area (Å²) in [6.07, 6.45) is 0. The molecule has 0 unspecified atom stereocenters. The number of carbonyl (C=O) groups is 1. The Hall–Kier alpha value is -0.520. The van der Waals surface area contributed by atoms with Crippen LogP contribution in [0.5, 0.6) is 0 Å². The zero-order valence-corrected chi connectivity index (χ0v) is 12.7. The zero-order chi connectivity index (χ0) is 12.6. The third-order valence-electron chi connectivity index (χ3n) is 2.26. The topological polar surface area (TPSA) is 17.1 Å². The first-order valence-electron chi connectivity index (χ1n) is 4.74. The van der Waals surface area contributed by atoms with Crippen LogP contribution >= 0.6 is 43.2 Å². The minimum Gasteiger partial charge on any atom is -0.288 e. The average Bonchev–Trinajstić information content (AvgIpc) is 2.62. The Balaban J connectivity index is 2.51. The fourth-order valence-corrected chi connectivity index (χ4v) is 3.52. The molecular formula is C12H7Br2FOS. The molecule has 0 aliphatic heterocycles. The van der Waals surface area contributed by atoms with E-state index in [1.807, 2.05) is 6.92 Å². The Bertz CT molecular complexity index is 592. The van der Waals surface area contributed by atoms with Gasteiger partial charge in [0, 0.05) is 9.85 Å². The van der Waals surface area contributed by atoms with Crippen molar-refractivity contribution < 1.29 is 9.18 Å². The van der Waals surface area contributed by atoms with Crippen molar-refractivity contribution in [3.63, 3.8) is 0 Å². The van der Waals surface area contributed by atoms with Gasteiger partial charge in [-0.25, -0.2) is 4.39 Å². The van der Waals surface area contributed by atoms with Crippen LogP contribution in [0.25, 0.3) is 0 Å². The second-order valence-corrected chi connectivity index (χ2v) is 6.07. The predicted molar refractivity (Wildman–Crippen MR) is 74.3 cm³/mol. The highest BCUT2D eigenvalue weighted by atomic mass is 79.9. The summed E-state index contributed by atoms with van der Waals surface area (Å²) in [5.74, 6) is -0.786. The molecule has 0 spiro atoms. The van der Waals surface area contributed by atoms with E-state index in [4.69, 9.17) is 0 Å². The van der Waals surface area contributed by atoms with Crippen LogP contribution in [-0.2, 0) is 0 Å². The minimum absolute atomic E-state index is 0.111. The number of aryl methyl sites for hydroxylation is 1. The number of thiophene rings is 1. The third-order valence-corrected chi connectivity index (χ3v) is 5.79. The van der Waals surface area contributed by atoms with Crippen LogP contribution < -0.4 is 0 Å². The van der Waals surface area contributed by atoms with E-state index < -0.39 is 5.82 Å². The summed E-state index contributed by atoms with van der Waals surface area (Å²) in [5, 5.41) is 1.80. The number of benzene rings is 1. The molecule has 1 aromatic carbocycles. The summed E-state index contributed by atoms with van der Waals surface area (Å²) in [7, 11) is 0. The molecule has 1 nitrogen and oxygen atoms in total. The highest BCUT2D eigenvalue weighted by molar-refractivity contribution is 9.13. The minimum atomic E-state index is -0.489. The van der Waals surface area contributed by atoms with E-state index in [0.717, 1.165) is 10.0 Å². The van der Waals surface area contributed by atoms with E-state index in [1.165, 1.54) is 17.4 Å². The Morgan fingerprint density at radius 2 is 2.06 bits per heavy atom. The molecule has 0 bridgehead atoms. The molecular weight excluding hydrogens is 371 g/mol. The molecule has 0 saturated heterocycles. The van der Waals surface area contributed by atoms with Crippen molar-refractivity contribution in [2.75, 3.05) is 0 Å². The van der Waals surface area contributed by atoms with Gasteiger partial charge in [-0.15, -0.1) is 11.3 Å². The molecule has 0 aliphatic rings. The summed E-state index contributed by atoms with van der Waals surface area (Å²) in [6.45, 7) is 1.83. The fourth-order valence-electron chi connectivity index (χ4n) is 1.41. The number of rotatable bonds is 2. The Labute approximate surface area is 119 Å². The molecule has 0 saturated carbocycles. The monoisotopic (exact) mass is 376 g/mol. The fraction of sp³-hybridized carbons (Fsp3) is 0.0833. The molecule has 5 heteroatoms. The van der Waals surface area contributed by atoms with Crippen molar-refractivity contribution in [1.29, 1.82) is 0 Å². The van der Waals surface area contributed by atoms with Gasteiger partial charge in [0.05, 0.1) is 14.9 Å². The molecule has 1 heterocycles. The maximum atomic E-state index is 13.6. The lowest BCUT2D eigenvalue weighted by atomic mass is 10.1. The van der Waals surface area contributed by atoms with Gasteiger partial charge in [-0.1, -0.05) is 11.6 Å². The van der Waals surface area contributed by atoms with Gasteiger partial charge in [0.1, 0.15) is 5.82 Å². The molecule has 0 amide bonds. The summed E-state index contributed by atoms with van der Waals surface area (Å²) >= 11 is 7.90. The van der Waals surface area contributed by atoms with Crippen molar-refractivity contribution >= 4 is 49.0 Å². The Morgan fingerprint density at radius 1 is 1.35 bits per heavy atom. The molecule has 88 valence electrons. The van der Waals surface area contributed by atoms with E-state index in [1.54, 1.807) is 17.5 Å². The van der Waals surface area contributed by atoms with Gasteiger partial charge in [-0.2, -0.15) is 0 Å². The van der Waals surface area contributed by atoms with Crippen LogP contribution in [0.3, 0.4) is 0 Å². The van der Waals surface area contributed by atoms with Crippen molar-refractivity contribution in [2.24, 2.45) is 0 Å². The lowest BCUT2D eigenvalue weighted by Gasteiger charge is -2.02. The molecule has 1 aromatic heterocycles. The molecule has 0 fully saturated rings. The third kappa shape index (κ3) is 2.51. The first kappa shape index (κ1) is 12.9. The molecule has 0 atom stereocenters. The van der Waals surface area contributed by atoms with Crippen molar-refractivity contribution in [2.45, 2.75) is 6.92 Å². The first-order valence-corrected chi connectivity index (χ1v) is 7.20. The molecule has 0 radical (unpaired) electrons. The van der Waals surface area contributed by atoms with Crippen LogP contribution in [0.1, 0.15) is 20.8 Å². The van der Waals surface area contributed by atoms with Gasteiger partial charge < -0.3 is 0 Å². The van der Waals surface area contributed by atoms with E-state index in [2.05, 4.69) is 31.9 Å². The van der Waals surface area contributed by atoms with Gasteiger partial charge in [-0.3, -0.25) is 4.79 Å². The van der Waals surface area contributed by atoms with Crippen LogP contribution in [0.2, 0.25) is 0 Å². The molecule has 17 heavy (non-hydrogen) atoms. The molecule has 0 aliphatic carbocycles. The van der Waals surface area contributed by atoms with Crippen LogP contribution in [0.15, 0.2) is 32.5 Å².